The van der Waals surface area contributed by atoms with E-state index in [1.807, 2.05) is 30.3 Å². The molecule has 4 heteroatoms. The molecule has 2 aromatic rings. The first-order valence-electron chi connectivity index (χ1n) is 5.17. The summed E-state index contributed by atoms with van der Waals surface area (Å²) < 4.78 is 5.66. The SMILES string of the molecule is ClCc1c(Cl)cccc1OCc1ccccn1. The molecule has 0 saturated carbocycles. The Bertz CT molecular complexity index is 488. The summed E-state index contributed by atoms with van der Waals surface area (Å²) in [7, 11) is 0. The molecule has 0 bridgehead atoms. The lowest BCUT2D eigenvalue weighted by atomic mass is 10.2. The van der Waals surface area contributed by atoms with Crippen molar-refractivity contribution >= 4 is 23.2 Å². The highest BCUT2D eigenvalue weighted by atomic mass is 35.5. The minimum atomic E-state index is 0.331. The molecule has 0 saturated heterocycles. The molecule has 0 fully saturated rings. The number of hydrogen-bond donors (Lipinski definition) is 0. The number of aromatic nitrogens is 1. The number of ether oxygens (including phenoxy) is 1. The van der Waals surface area contributed by atoms with E-state index in [1.165, 1.54) is 0 Å². The van der Waals surface area contributed by atoms with E-state index < -0.39 is 0 Å². The van der Waals surface area contributed by atoms with Gasteiger partial charge < -0.3 is 4.74 Å². The Morgan fingerprint density at radius 2 is 2.00 bits per heavy atom. The van der Waals surface area contributed by atoms with Crippen LogP contribution in [-0.4, -0.2) is 4.98 Å². The van der Waals surface area contributed by atoms with Gasteiger partial charge in [0.05, 0.1) is 11.6 Å². The second-order valence-electron chi connectivity index (χ2n) is 3.46. The van der Waals surface area contributed by atoms with E-state index in [0.717, 1.165) is 11.3 Å². The van der Waals surface area contributed by atoms with E-state index in [2.05, 4.69) is 4.98 Å². The Morgan fingerprint density at radius 1 is 1.12 bits per heavy atom. The highest BCUT2D eigenvalue weighted by Crippen LogP contribution is 2.28. The topological polar surface area (TPSA) is 22.1 Å². The van der Waals surface area contributed by atoms with Gasteiger partial charge in [-0.2, -0.15) is 0 Å². The van der Waals surface area contributed by atoms with Gasteiger partial charge in [0.2, 0.25) is 0 Å². The molecule has 88 valence electrons. The number of pyridine rings is 1. The molecule has 1 aromatic carbocycles. The molecular formula is C13H11Cl2NO. The van der Waals surface area contributed by atoms with Crippen LogP contribution in [0.25, 0.3) is 0 Å². The Balaban J connectivity index is 2.12. The lowest BCUT2D eigenvalue weighted by Crippen LogP contribution is -1.99. The first-order valence-corrected chi connectivity index (χ1v) is 6.08. The summed E-state index contributed by atoms with van der Waals surface area (Å²) in [6.07, 6.45) is 1.74. The van der Waals surface area contributed by atoms with Crippen LogP contribution in [0.3, 0.4) is 0 Å². The number of benzene rings is 1. The maximum atomic E-state index is 6.03. The van der Waals surface area contributed by atoms with Gasteiger partial charge in [0.1, 0.15) is 12.4 Å². The van der Waals surface area contributed by atoms with E-state index in [0.29, 0.717) is 23.3 Å². The van der Waals surface area contributed by atoms with Crippen LogP contribution in [0.5, 0.6) is 5.75 Å². The molecule has 2 nitrogen and oxygen atoms in total. The van der Waals surface area contributed by atoms with Crippen molar-refractivity contribution in [3.63, 3.8) is 0 Å². The van der Waals surface area contributed by atoms with Crippen LogP contribution in [-0.2, 0) is 12.5 Å². The maximum absolute atomic E-state index is 6.03. The summed E-state index contributed by atoms with van der Waals surface area (Å²) in [5.41, 5.74) is 1.68. The molecule has 0 atom stereocenters. The van der Waals surface area contributed by atoms with Gasteiger partial charge in [-0.3, -0.25) is 4.98 Å². The number of rotatable bonds is 4. The Hall–Kier alpha value is -1.25. The maximum Gasteiger partial charge on any atom is 0.130 e. The van der Waals surface area contributed by atoms with Crippen LogP contribution >= 0.6 is 23.2 Å². The van der Waals surface area contributed by atoms with Gasteiger partial charge in [0.25, 0.3) is 0 Å². The largest absolute Gasteiger partial charge is 0.487 e. The summed E-state index contributed by atoms with van der Waals surface area (Å²) in [5.74, 6) is 1.04. The fourth-order valence-corrected chi connectivity index (χ4v) is 2.02. The smallest absolute Gasteiger partial charge is 0.130 e. The molecule has 2 rings (SSSR count). The Kier molecular flexibility index (Phi) is 4.24. The molecule has 0 unspecified atom stereocenters. The third kappa shape index (κ3) is 3.11. The fourth-order valence-electron chi connectivity index (χ4n) is 1.44. The van der Waals surface area contributed by atoms with Crippen LogP contribution in [0.4, 0.5) is 0 Å². The van der Waals surface area contributed by atoms with Crippen molar-refractivity contribution in [3.05, 3.63) is 58.9 Å². The molecule has 17 heavy (non-hydrogen) atoms. The lowest BCUT2D eigenvalue weighted by Gasteiger charge is -2.10. The van der Waals surface area contributed by atoms with Crippen molar-refractivity contribution < 1.29 is 4.74 Å². The zero-order valence-electron chi connectivity index (χ0n) is 9.07. The zero-order valence-corrected chi connectivity index (χ0v) is 10.6. The summed E-state index contributed by atoms with van der Waals surface area (Å²) in [5, 5.41) is 0.624. The minimum Gasteiger partial charge on any atom is -0.487 e. The quantitative estimate of drug-likeness (QED) is 0.780. The highest BCUT2D eigenvalue weighted by Gasteiger charge is 2.07. The van der Waals surface area contributed by atoms with Crippen LogP contribution in [0.1, 0.15) is 11.3 Å². The molecule has 0 aliphatic rings. The van der Waals surface area contributed by atoms with E-state index >= 15 is 0 Å². The third-order valence-corrected chi connectivity index (χ3v) is 2.93. The zero-order chi connectivity index (χ0) is 12.1. The van der Waals surface area contributed by atoms with Crippen molar-refractivity contribution in [1.82, 2.24) is 4.98 Å². The van der Waals surface area contributed by atoms with Gasteiger partial charge in [-0.1, -0.05) is 23.7 Å². The van der Waals surface area contributed by atoms with E-state index in [-0.39, 0.29) is 0 Å². The lowest BCUT2D eigenvalue weighted by molar-refractivity contribution is 0.299. The monoisotopic (exact) mass is 267 g/mol. The van der Waals surface area contributed by atoms with Crippen molar-refractivity contribution in [1.29, 1.82) is 0 Å². The van der Waals surface area contributed by atoms with Gasteiger partial charge in [-0.15, -0.1) is 11.6 Å². The van der Waals surface area contributed by atoms with Gasteiger partial charge in [-0.05, 0) is 24.3 Å². The standard InChI is InChI=1S/C13H11Cl2NO/c14-8-11-12(15)5-3-6-13(11)17-9-10-4-1-2-7-16-10/h1-7H,8-9H2. The molecule has 1 heterocycles. The van der Waals surface area contributed by atoms with Gasteiger partial charge >= 0.3 is 0 Å². The first-order chi connectivity index (χ1) is 8.31. The van der Waals surface area contributed by atoms with Gasteiger partial charge in [-0.25, -0.2) is 0 Å². The predicted molar refractivity (Wildman–Crippen MR) is 69.6 cm³/mol. The van der Waals surface area contributed by atoms with E-state index in [1.54, 1.807) is 12.3 Å². The Labute approximate surface area is 110 Å². The number of hydrogen-bond acceptors (Lipinski definition) is 2. The molecule has 1 aromatic heterocycles. The van der Waals surface area contributed by atoms with Crippen molar-refractivity contribution in [2.45, 2.75) is 12.5 Å². The normalized spacial score (nSPS) is 10.2. The number of nitrogens with zero attached hydrogens (tertiary/aromatic N) is 1. The molecule has 0 N–H and O–H groups in total. The minimum absolute atomic E-state index is 0.331. The molecule has 0 aliphatic carbocycles. The second-order valence-corrected chi connectivity index (χ2v) is 4.13. The van der Waals surface area contributed by atoms with Crippen molar-refractivity contribution in [3.8, 4) is 5.75 Å². The van der Waals surface area contributed by atoms with Crippen LogP contribution < -0.4 is 4.74 Å². The summed E-state index contributed by atoms with van der Waals surface area (Å²) in [6.45, 7) is 0.408. The van der Waals surface area contributed by atoms with Gasteiger partial charge in [0, 0.05) is 16.8 Å². The van der Waals surface area contributed by atoms with E-state index in [4.69, 9.17) is 27.9 Å². The molecule has 0 amide bonds. The average molecular weight is 268 g/mol. The number of alkyl halides is 1. The summed E-state index contributed by atoms with van der Waals surface area (Å²) in [6, 6.07) is 11.2. The highest BCUT2D eigenvalue weighted by molar-refractivity contribution is 6.32. The molecule has 0 spiro atoms. The summed E-state index contributed by atoms with van der Waals surface area (Å²) >= 11 is 11.9. The average Bonchev–Trinajstić information content (AvgIpc) is 2.37. The molecule has 0 aliphatic heterocycles. The van der Waals surface area contributed by atoms with Crippen LogP contribution in [0.2, 0.25) is 5.02 Å². The number of halogens is 2. The van der Waals surface area contributed by atoms with Crippen molar-refractivity contribution in [2.24, 2.45) is 0 Å². The predicted octanol–water partition coefficient (Wildman–Crippen LogP) is 4.05. The summed E-state index contributed by atoms with van der Waals surface area (Å²) in [4.78, 5) is 4.18. The van der Waals surface area contributed by atoms with Crippen LogP contribution in [0, 0.1) is 0 Å². The fraction of sp³-hybridized carbons (Fsp3) is 0.154. The third-order valence-electron chi connectivity index (χ3n) is 2.31. The first kappa shape index (κ1) is 12.2. The van der Waals surface area contributed by atoms with Crippen molar-refractivity contribution in [2.75, 3.05) is 0 Å². The molecule has 0 radical (unpaired) electrons. The molecular weight excluding hydrogens is 257 g/mol. The van der Waals surface area contributed by atoms with Crippen LogP contribution in [0.15, 0.2) is 42.6 Å². The van der Waals surface area contributed by atoms with Gasteiger partial charge in [0.15, 0.2) is 0 Å². The Morgan fingerprint density at radius 3 is 2.71 bits per heavy atom. The van der Waals surface area contributed by atoms with E-state index in [9.17, 15) is 0 Å². The second kappa shape index (κ2) is 5.89.